The SMILES string of the molecule is Cc1cc(C(=O)Cc2c(C)ccc(O)c2C)c(F)c(-c2cccc(F)c2)c1. The molecule has 3 aromatic rings. The number of benzene rings is 3. The van der Waals surface area contributed by atoms with Crippen LogP contribution in [0.25, 0.3) is 11.1 Å². The van der Waals surface area contributed by atoms with E-state index in [1.54, 1.807) is 38.1 Å². The van der Waals surface area contributed by atoms with E-state index in [-0.39, 0.29) is 29.1 Å². The van der Waals surface area contributed by atoms with Gasteiger partial charge in [0.25, 0.3) is 0 Å². The number of hydrogen-bond acceptors (Lipinski definition) is 2. The molecule has 4 heteroatoms. The summed E-state index contributed by atoms with van der Waals surface area (Å²) in [6, 6.07) is 12.1. The number of Topliss-reactive ketones (excluding diaryl/α,β-unsaturated/α-hetero) is 1. The highest BCUT2D eigenvalue weighted by atomic mass is 19.1. The molecule has 1 N–H and O–H groups in total. The van der Waals surface area contributed by atoms with E-state index >= 15 is 4.39 Å². The van der Waals surface area contributed by atoms with Gasteiger partial charge in [-0.15, -0.1) is 0 Å². The summed E-state index contributed by atoms with van der Waals surface area (Å²) in [6.45, 7) is 5.35. The van der Waals surface area contributed by atoms with Crippen molar-refractivity contribution < 1.29 is 18.7 Å². The third-order valence-corrected chi connectivity index (χ3v) is 4.79. The van der Waals surface area contributed by atoms with E-state index in [9.17, 15) is 14.3 Å². The number of aryl methyl sites for hydroxylation is 2. The number of ketones is 1. The zero-order chi connectivity index (χ0) is 19.7. The first-order chi connectivity index (χ1) is 12.8. The number of carbonyl (C=O) groups excluding carboxylic acids is 1. The number of rotatable bonds is 4. The normalized spacial score (nSPS) is 10.9. The second-order valence-corrected chi connectivity index (χ2v) is 6.79. The smallest absolute Gasteiger partial charge is 0.170 e. The Balaban J connectivity index is 2.05. The number of aromatic hydroxyl groups is 1. The van der Waals surface area contributed by atoms with Gasteiger partial charge in [0.15, 0.2) is 5.78 Å². The Bertz CT molecular complexity index is 1040. The largest absolute Gasteiger partial charge is 0.508 e. The molecule has 0 aliphatic rings. The van der Waals surface area contributed by atoms with E-state index in [0.717, 1.165) is 5.56 Å². The van der Waals surface area contributed by atoms with Crippen molar-refractivity contribution in [2.45, 2.75) is 27.2 Å². The zero-order valence-electron chi connectivity index (χ0n) is 15.4. The van der Waals surface area contributed by atoms with Crippen LogP contribution in [0.2, 0.25) is 0 Å². The van der Waals surface area contributed by atoms with Crippen molar-refractivity contribution in [1.82, 2.24) is 0 Å². The van der Waals surface area contributed by atoms with Crippen LogP contribution in [0.3, 0.4) is 0 Å². The summed E-state index contributed by atoms with van der Waals surface area (Å²) >= 11 is 0. The van der Waals surface area contributed by atoms with Gasteiger partial charge in [-0.05, 0) is 78.9 Å². The fourth-order valence-electron chi connectivity index (χ4n) is 3.25. The molecular formula is C23H20F2O2. The minimum Gasteiger partial charge on any atom is -0.508 e. The highest BCUT2D eigenvalue weighted by Crippen LogP contribution is 2.29. The lowest BCUT2D eigenvalue weighted by molar-refractivity contribution is 0.0988. The standard InChI is InChI=1S/C23H20F2O2/c1-13-9-19(16-5-4-6-17(24)11-16)23(25)20(10-13)22(27)12-18-14(2)7-8-21(26)15(18)3/h4-11,26H,12H2,1-3H3. The number of hydrogen-bond donors (Lipinski definition) is 1. The molecule has 3 rings (SSSR count). The highest BCUT2D eigenvalue weighted by molar-refractivity contribution is 5.99. The van der Waals surface area contributed by atoms with Gasteiger partial charge in [0.1, 0.15) is 17.4 Å². The summed E-state index contributed by atoms with van der Waals surface area (Å²) < 4.78 is 28.7. The Kier molecular flexibility index (Phi) is 5.08. The minimum atomic E-state index is -0.661. The van der Waals surface area contributed by atoms with Crippen molar-refractivity contribution in [3.05, 3.63) is 88.0 Å². The van der Waals surface area contributed by atoms with E-state index in [1.165, 1.54) is 24.3 Å². The molecular weight excluding hydrogens is 346 g/mol. The molecule has 0 spiro atoms. The third-order valence-electron chi connectivity index (χ3n) is 4.79. The third kappa shape index (κ3) is 3.75. The van der Waals surface area contributed by atoms with Crippen LogP contribution in [0, 0.1) is 32.4 Å². The molecule has 0 atom stereocenters. The lowest BCUT2D eigenvalue weighted by atomic mass is 9.92. The predicted octanol–water partition coefficient (Wildman–Crippen LogP) is 5.69. The molecule has 0 amide bonds. The zero-order valence-corrected chi connectivity index (χ0v) is 15.4. The lowest BCUT2D eigenvalue weighted by Crippen LogP contribution is -2.10. The van der Waals surface area contributed by atoms with E-state index in [4.69, 9.17) is 0 Å². The molecule has 0 saturated heterocycles. The first-order valence-corrected chi connectivity index (χ1v) is 8.65. The second kappa shape index (κ2) is 7.31. The Morgan fingerprint density at radius 1 is 1.00 bits per heavy atom. The van der Waals surface area contributed by atoms with Crippen LogP contribution in [-0.2, 0) is 6.42 Å². The monoisotopic (exact) mass is 366 g/mol. The van der Waals surface area contributed by atoms with E-state index in [1.807, 2.05) is 6.92 Å². The number of halogens is 2. The molecule has 0 aliphatic heterocycles. The average molecular weight is 366 g/mol. The average Bonchev–Trinajstić information content (AvgIpc) is 2.63. The fraction of sp³-hybridized carbons (Fsp3) is 0.174. The fourth-order valence-corrected chi connectivity index (χ4v) is 3.25. The van der Waals surface area contributed by atoms with Gasteiger partial charge in [-0.3, -0.25) is 4.79 Å². The minimum absolute atomic E-state index is 0.0188. The summed E-state index contributed by atoms with van der Waals surface area (Å²) in [5.41, 5.74) is 3.42. The van der Waals surface area contributed by atoms with Gasteiger partial charge in [-0.1, -0.05) is 18.2 Å². The molecule has 0 radical (unpaired) electrons. The van der Waals surface area contributed by atoms with Crippen LogP contribution in [0.4, 0.5) is 8.78 Å². The summed E-state index contributed by atoms with van der Waals surface area (Å²) in [4.78, 5) is 12.9. The van der Waals surface area contributed by atoms with Crippen LogP contribution < -0.4 is 0 Å². The molecule has 27 heavy (non-hydrogen) atoms. The van der Waals surface area contributed by atoms with Gasteiger partial charge in [-0.25, -0.2) is 8.78 Å². The quantitative estimate of drug-likeness (QED) is 0.603. The van der Waals surface area contributed by atoms with E-state index in [0.29, 0.717) is 22.3 Å². The highest BCUT2D eigenvalue weighted by Gasteiger charge is 2.20. The number of carbonyl (C=O) groups is 1. The molecule has 0 saturated carbocycles. The van der Waals surface area contributed by atoms with E-state index in [2.05, 4.69) is 0 Å². The van der Waals surface area contributed by atoms with Gasteiger partial charge in [0.2, 0.25) is 0 Å². The van der Waals surface area contributed by atoms with Crippen molar-refractivity contribution in [3.63, 3.8) is 0 Å². The number of phenolic OH excluding ortho intramolecular Hbond substituents is 1. The summed E-state index contributed by atoms with van der Waals surface area (Å²) in [6.07, 6.45) is -0.0188. The van der Waals surface area contributed by atoms with Gasteiger partial charge >= 0.3 is 0 Å². The molecule has 0 bridgehead atoms. The van der Waals surface area contributed by atoms with Crippen molar-refractivity contribution in [3.8, 4) is 16.9 Å². The molecule has 138 valence electrons. The molecule has 0 unspecified atom stereocenters. The van der Waals surface area contributed by atoms with Crippen LogP contribution in [0.5, 0.6) is 5.75 Å². The Morgan fingerprint density at radius 2 is 1.74 bits per heavy atom. The molecule has 0 fully saturated rings. The molecule has 0 aliphatic carbocycles. The maximum Gasteiger partial charge on any atom is 0.170 e. The maximum atomic E-state index is 15.1. The van der Waals surface area contributed by atoms with Gasteiger partial charge in [0, 0.05) is 12.0 Å². The molecule has 3 aromatic carbocycles. The van der Waals surface area contributed by atoms with Crippen LogP contribution in [0.1, 0.15) is 32.6 Å². The summed E-state index contributed by atoms with van der Waals surface area (Å²) in [5.74, 6) is -1.40. The molecule has 0 heterocycles. The first-order valence-electron chi connectivity index (χ1n) is 8.65. The topological polar surface area (TPSA) is 37.3 Å². The molecule has 0 aromatic heterocycles. The second-order valence-electron chi connectivity index (χ2n) is 6.79. The Hall–Kier alpha value is -3.01. The molecule has 2 nitrogen and oxygen atoms in total. The van der Waals surface area contributed by atoms with Crippen molar-refractivity contribution >= 4 is 5.78 Å². The lowest BCUT2D eigenvalue weighted by Gasteiger charge is -2.13. The van der Waals surface area contributed by atoms with Crippen molar-refractivity contribution in [2.24, 2.45) is 0 Å². The van der Waals surface area contributed by atoms with E-state index < -0.39 is 11.6 Å². The predicted molar refractivity (Wildman–Crippen MR) is 102 cm³/mol. The number of phenols is 1. The van der Waals surface area contributed by atoms with Gasteiger partial charge in [-0.2, -0.15) is 0 Å². The van der Waals surface area contributed by atoms with Crippen LogP contribution >= 0.6 is 0 Å². The summed E-state index contributed by atoms with van der Waals surface area (Å²) in [7, 11) is 0. The Labute approximate surface area is 157 Å². The Morgan fingerprint density at radius 3 is 2.44 bits per heavy atom. The van der Waals surface area contributed by atoms with Gasteiger partial charge < -0.3 is 5.11 Å². The van der Waals surface area contributed by atoms with Crippen molar-refractivity contribution in [1.29, 1.82) is 0 Å². The summed E-state index contributed by atoms with van der Waals surface area (Å²) in [5, 5.41) is 9.90. The van der Waals surface area contributed by atoms with Crippen LogP contribution in [-0.4, -0.2) is 10.9 Å². The maximum absolute atomic E-state index is 15.1. The first kappa shape index (κ1) is 18.8. The van der Waals surface area contributed by atoms with Gasteiger partial charge in [0.05, 0.1) is 5.56 Å². The van der Waals surface area contributed by atoms with Crippen molar-refractivity contribution in [2.75, 3.05) is 0 Å². The van der Waals surface area contributed by atoms with Crippen LogP contribution in [0.15, 0.2) is 48.5 Å².